The summed E-state index contributed by atoms with van der Waals surface area (Å²) in [7, 11) is 1.49. The molecule has 0 unspecified atom stereocenters. The van der Waals surface area contributed by atoms with Crippen molar-refractivity contribution in [3.8, 4) is 11.4 Å². The maximum atomic E-state index is 14.3. The van der Waals surface area contributed by atoms with E-state index in [1.54, 1.807) is 77.6 Å². The van der Waals surface area contributed by atoms with Gasteiger partial charge in [-0.1, -0.05) is 31.4 Å². The Morgan fingerprint density at radius 2 is 1.57 bits per heavy atom. The molecule has 1 saturated heterocycles. The molecule has 1 aliphatic carbocycles. The molecule has 3 atom stereocenters. The fourth-order valence-corrected chi connectivity index (χ4v) is 6.24. The Bertz CT molecular complexity index is 1520. The second-order valence-electron chi connectivity index (χ2n) is 15.0. The lowest BCUT2D eigenvalue weighted by Gasteiger charge is -2.36. The van der Waals surface area contributed by atoms with Crippen LogP contribution in [0.4, 0.5) is 15.3 Å². The molecule has 2 fully saturated rings. The highest BCUT2D eigenvalue weighted by atomic mass is 16.6. The fourth-order valence-electron chi connectivity index (χ4n) is 6.24. The van der Waals surface area contributed by atoms with Crippen molar-refractivity contribution >= 4 is 35.6 Å². The molecule has 1 aromatic heterocycles. The number of hydrogen-bond donors (Lipinski definition) is 2. The van der Waals surface area contributed by atoms with Gasteiger partial charge in [-0.2, -0.15) is 0 Å². The van der Waals surface area contributed by atoms with Crippen molar-refractivity contribution in [1.29, 1.82) is 0 Å². The molecule has 13 nitrogen and oxygen atoms in total. The number of para-hydroxylation sites is 1. The van der Waals surface area contributed by atoms with Crippen LogP contribution < -0.4 is 10.6 Å². The van der Waals surface area contributed by atoms with Crippen LogP contribution in [0.15, 0.2) is 36.7 Å². The maximum absolute atomic E-state index is 14.3. The first-order valence-electron chi connectivity index (χ1n) is 17.2. The van der Waals surface area contributed by atoms with E-state index in [-0.39, 0.29) is 17.7 Å². The van der Waals surface area contributed by atoms with E-state index < -0.39 is 47.4 Å². The zero-order valence-corrected chi connectivity index (χ0v) is 30.1. The molecule has 4 rings (SSSR count). The lowest BCUT2D eigenvalue weighted by molar-refractivity contribution is -0.142. The van der Waals surface area contributed by atoms with Gasteiger partial charge in [-0.05, 0) is 92.2 Å². The number of likely N-dealkylation sites (tertiary alicyclic amines) is 1. The first-order chi connectivity index (χ1) is 23.0. The van der Waals surface area contributed by atoms with Crippen LogP contribution in [0.1, 0.15) is 93.4 Å². The van der Waals surface area contributed by atoms with Gasteiger partial charge < -0.3 is 25.0 Å². The smallest absolute Gasteiger partial charge is 0.420 e. The molecule has 2 N–H and O–H groups in total. The van der Waals surface area contributed by atoms with Gasteiger partial charge in [0.25, 0.3) is 0 Å². The first-order valence-corrected chi connectivity index (χ1v) is 17.2. The van der Waals surface area contributed by atoms with Gasteiger partial charge in [-0.3, -0.25) is 19.3 Å². The van der Waals surface area contributed by atoms with Gasteiger partial charge in [0, 0.05) is 31.5 Å². The van der Waals surface area contributed by atoms with Crippen molar-refractivity contribution in [1.82, 2.24) is 24.7 Å². The number of rotatable bonds is 8. The molecule has 1 aromatic carbocycles. The topological polar surface area (TPSA) is 152 Å². The number of aromatic nitrogens is 2. The van der Waals surface area contributed by atoms with Crippen LogP contribution in [-0.2, 0) is 23.9 Å². The average molecular weight is 681 g/mol. The molecule has 0 bridgehead atoms. The molecule has 4 amide bonds. The molecular formula is C36H52N6O7. The van der Waals surface area contributed by atoms with Crippen LogP contribution in [0.5, 0.6) is 0 Å². The van der Waals surface area contributed by atoms with Gasteiger partial charge in [0.1, 0.15) is 29.3 Å². The highest BCUT2D eigenvalue weighted by Gasteiger charge is 2.42. The second-order valence-corrected chi connectivity index (χ2v) is 15.0. The third kappa shape index (κ3) is 9.60. The minimum absolute atomic E-state index is 0.0963. The number of benzene rings is 1. The second kappa shape index (κ2) is 15.4. The molecule has 2 aromatic rings. The number of likely N-dealkylation sites (N-methyl/N-ethyl adjacent to an activating group) is 1. The first kappa shape index (κ1) is 37.4. The van der Waals surface area contributed by atoms with Crippen molar-refractivity contribution < 1.29 is 33.4 Å². The van der Waals surface area contributed by atoms with E-state index in [4.69, 9.17) is 9.47 Å². The zero-order valence-electron chi connectivity index (χ0n) is 30.1. The van der Waals surface area contributed by atoms with Crippen LogP contribution in [0.25, 0.3) is 11.4 Å². The summed E-state index contributed by atoms with van der Waals surface area (Å²) in [6.45, 7) is 12.5. The van der Waals surface area contributed by atoms with E-state index in [0.29, 0.717) is 36.5 Å². The maximum Gasteiger partial charge on any atom is 0.420 e. The molecule has 0 radical (unpaired) electrons. The van der Waals surface area contributed by atoms with Gasteiger partial charge in [-0.15, -0.1) is 0 Å². The van der Waals surface area contributed by atoms with Crippen molar-refractivity contribution in [2.75, 3.05) is 18.9 Å². The summed E-state index contributed by atoms with van der Waals surface area (Å²) in [5.74, 6) is -0.942. The minimum atomic E-state index is -0.892. The Morgan fingerprint density at radius 1 is 0.918 bits per heavy atom. The Morgan fingerprint density at radius 3 is 2.22 bits per heavy atom. The van der Waals surface area contributed by atoms with Crippen LogP contribution >= 0.6 is 0 Å². The molecule has 1 saturated carbocycles. The van der Waals surface area contributed by atoms with Crippen LogP contribution in [0.3, 0.4) is 0 Å². The standard InChI is InChI=1S/C36H52N6O7/c1-23(40(8)33(46)48-35(2,3)4)30(43)39-28(24-15-10-9-11-16-24)32(45)41-21-14-19-27(41)31(44)38-26-18-13-12-17-25(26)29-37-20-22-42(29)34(47)49-36(5,6)7/h12-13,17-18,20,22-24,27-28H,9-11,14-16,19,21H2,1-8H3,(H,38,44)(H,39,43)/t23-,27-,28-/m0/s1. The fraction of sp³-hybridized carbons (Fsp3) is 0.611. The molecule has 268 valence electrons. The average Bonchev–Trinajstić information content (AvgIpc) is 3.72. The quantitative estimate of drug-likeness (QED) is 0.367. The van der Waals surface area contributed by atoms with E-state index in [0.717, 1.165) is 32.1 Å². The van der Waals surface area contributed by atoms with E-state index in [1.807, 2.05) is 0 Å². The predicted octanol–water partition coefficient (Wildman–Crippen LogP) is 5.58. The molecule has 13 heteroatoms. The number of amides is 4. The third-order valence-electron chi connectivity index (χ3n) is 8.82. The largest absolute Gasteiger partial charge is 0.444 e. The zero-order chi connectivity index (χ0) is 36.1. The SMILES string of the molecule is C[C@@H](C(=O)N[C@H](C(=O)N1CCC[C@H]1C(=O)Nc1ccccc1-c1nccn1C(=O)OC(C)(C)C)C1CCCCC1)N(C)C(=O)OC(C)(C)C. The summed E-state index contributed by atoms with van der Waals surface area (Å²) in [4.78, 5) is 74.5. The summed E-state index contributed by atoms with van der Waals surface area (Å²) in [5, 5.41) is 5.95. The summed E-state index contributed by atoms with van der Waals surface area (Å²) in [6, 6.07) is 4.51. The number of nitrogens with zero attached hydrogens (tertiary/aromatic N) is 4. The summed E-state index contributed by atoms with van der Waals surface area (Å²) < 4.78 is 12.3. The number of anilines is 1. The van der Waals surface area contributed by atoms with Crippen molar-refractivity contribution in [3.63, 3.8) is 0 Å². The number of nitrogens with one attached hydrogen (secondary N) is 2. The van der Waals surface area contributed by atoms with Crippen LogP contribution in [-0.4, -0.2) is 92.2 Å². The number of carbonyl (C=O) groups excluding carboxylic acids is 5. The summed E-state index contributed by atoms with van der Waals surface area (Å²) in [5.41, 5.74) is -0.504. The Labute approximate surface area is 289 Å². The lowest BCUT2D eigenvalue weighted by Crippen LogP contribution is -2.58. The third-order valence-corrected chi connectivity index (χ3v) is 8.82. The molecule has 2 heterocycles. The molecule has 0 spiro atoms. The minimum Gasteiger partial charge on any atom is -0.444 e. The van der Waals surface area contributed by atoms with Crippen LogP contribution in [0.2, 0.25) is 0 Å². The Balaban J connectivity index is 1.53. The highest BCUT2D eigenvalue weighted by molar-refractivity contribution is 6.01. The lowest BCUT2D eigenvalue weighted by atomic mass is 9.83. The Hall–Kier alpha value is -4.42. The monoisotopic (exact) mass is 680 g/mol. The van der Waals surface area contributed by atoms with Crippen molar-refractivity contribution in [2.45, 2.75) is 123 Å². The highest BCUT2D eigenvalue weighted by Crippen LogP contribution is 2.31. The van der Waals surface area contributed by atoms with E-state index in [9.17, 15) is 24.0 Å². The Kier molecular flexibility index (Phi) is 11.8. The van der Waals surface area contributed by atoms with E-state index in [1.165, 1.54) is 28.9 Å². The van der Waals surface area contributed by atoms with E-state index in [2.05, 4.69) is 15.6 Å². The molecule has 49 heavy (non-hydrogen) atoms. The molecular weight excluding hydrogens is 628 g/mol. The van der Waals surface area contributed by atoms with Gasteiger partial charge in [0.05, 0.1) is 5.69 Å². The normalized spacial score (nSPS) is 18.3. The predicted molar refractivity (Wildman–Crippen MR) is 185 cm³/mol. The van der Waals surface area contributed by atoms with Crippen molar-refractivity contribution in [3.05, 3.63) is 36.7 Å². The number of carbonyl (C=O) groups is 5. The summed E-state index contributed by atoms with van der Waals surface area (Å²) in [6.07, 6.45) is 7.32. The number of hydrogen-bond acceptors (Lipinski definition) is 8. The van der Waals surface area contributed by atoms with Gasteiger partial charge in [-0.25, -0.2) is 19.1 Å². The van der Waals surface area contributed by atoms with Gasteiger partial charge >= 0.3 is 12.2 Å². The molecule has 1 aliphatic heterocycles. The molecule has 2 aliphatic rings. The summed E-state index contributed by atoms with van der Waals surface area (Å²) >= 11 is 0. The van der Waals surface area contributed by atoms with Crippen LogP contribution in [0, 0.1) is 5.92 Å². The number of imidazole rings is 1. The van der Waals surface area contributed by atoms with Gasteiger partial charge in [0.2, 0.25) is 17.7 Å². The van der Waals surface area contributed by atoms with E-state index >= 15 is 0 Å². The number of ether oxygens (including phenoxy) is 2. The van der Waals surface area contributed by atoms with Gasteiger partial charge in [0.15, 0.2) is 5.82 Å². The van der Waals surface area contributed by atoms with Crippen molar-refractivity contribution in [2.24, 2.45) is 5.92 Å².